The SMILES string of the molecule is O=C(NCC1CCCCN1)c1ccnc2ccccc12. The van der Waals surface area contributed by atoms with E-state index in [0.29, 0.717) is 18.2 Å². The third-order valence-electron chi connectivity index (χ3n) is 3.82. The molecular formula is C16H19N3O. The Hall–Kier alpha value is -1.94. The van der Waals surface area contributed by atoms with Crippen LogP contribution in [0, 0.1) is 0 Å². The van der Waals surface area contributed by atoms with E-state index in [1.807, 2.05) is 24.3 Å². The maximum absolute atomic E-state index is 12.3. The van der Waals surface area contributed by atoms with Crippen LogP contribution in [-0.2, 0) is 0 Å². The average Bonchev–Trinajstić information content (AvgIpc) is 2.53. The summed E-state index contributed by atoms with van der Waals surface area (Å²) < 4.78 is 0. The predicted molar refractivity (Wildman–Crippen MR) is 79.7 cm³/mol. The van der Waals surface area contributed by atoms with Crippen molar-refractivity contribution in [3.63, 3.8) is 0 Å². The Bertz CT molecular complexity index is 600. The van der Waals surface area contributed by atoms with Gasteiger partial charge >= 0.3 is 0 Å². The molecule has 2 aromatic rings. The Morgan fingerprint density at radius 2 is 2.20 bits per heavy atom. The summed E-state index contributed by atoms with van der Waals surface area (Å²) in [6.07, 6.45) is 5.30. The number of aromatic nitrogens is 1. The summed E-state index contributed by atoms with van der Waals surface area (Å²) in [5, 5.41) is 7.37. The molecule has 0 bridgehead atoms. The van der Waals surface area contributed by atoms with Gasteiger partial charge in [0.25, 0.3) is 5.91 Å². The second-order valence-electron chi connectivity index (χ2n) is 5.23. The van der Waals surface area contributed by atoms with Gasteiger partial charge in [-0.25, -0.2) is 0 Å². The molecule has 2 heterocycles. The summed E-state index contributed by atoms with van der Waals surface area (Å²) in [6.45, 7) is 1.74. The van der Waals surface area contributed by atoms with Crippen molar-refractivity contribution in [2.45, 2.75) is 25.3 Å². The fourth-order valence-corrected chi connectivity index (χ4v) is 2.70. The molecule has 104 valence electrons. The molecule has 0 saturated carbocycles. The van der Waals surface area contributed by atoms with Crippen LogP contribution in [0.2, 0.25) is 0 Å². The van der Waals surface area contributed by atoms with Gasteiger partial charge in [0.2, 0.25) is 0 Å². The van der Waals surface area contributed by atoms with Crippen molar-refractivity contribution in [2.75, 3.05) is 13.1 Å². The number of carbonyl (C=O) groups excluding carboxylic acids is 1. The molecule has 0 aliphatic carbocycles. The van der Waals surface area contributed by atoms with Crippen molar-refractivity contribution in [3.8, 4) is 0 Å². The molecule has 20 heavy (non-hydrogen) atoms. The molecule has 1 amide bonds. The van der Waals surface area contributed by atoms with E-state index in [0.717, 1.165) is 23.9 Å². The molecule has 1 aromatic heterocycles. The minimum atomic E-state index is -0.0176. The summed E-state index contributed by atoms with van der Waals surface area (Å²) in [7, 11) is 0. The van der Waals surface area contributed by atoms with Crippen LogP contribution < -0.4 is 10.6 Å². The van der Waals surface area contributed by atoms with E-state index < -0.39 is 0 Å². The molecule has 1 unspecified atom stereocenters. The summed E-state index contributed by atoms with van der Waals surface area (Å²) in [5.74, 6) is -0.0176. The van der Waals surface area contributed by atoms with Crippen LogP contribution in [0.5, 0.6) is 0 Å². The van der Waals surface area contributed by atoms with Crippen molar-refractivity contribution in [1.82, 2.24) is 15.6 Å². The molecule has 0 radical (unpaired) electrons. The van der Waals surface area contributed by atoms with Crippen molar-refractivity contribution < 1.29 is 4.79 Å². The number of nitrogens with zero attached hydrogens (tertiary/aromatic N) is 1. The molecule has 3 rings (SSSR count). The lowest BCUT2D eigenvalue weighted by atomic mass is 10.0. The van der Waals surface area contributed by atoms with Crippen LogP contribution in [0.4, 0.5) is 0 Å². The second-order valence-corrected chi connectivity index (χ2v) is 5.23. The van der Waals surface area contributed by atoms with Crippen LogP contribution >= 0.6 is 0 Å². The summed E-state index contributed by atoms with van der Waals surface area (Å²) in [5.41, 5.74) is 1.56. The van der Waals surface area contributed by atoms with Crippen LogP contribution in [0.1, 0.15) is 29.6 Å². The Kier molecular flexibility index (Phi) is 3.92. The lowest BCUT2D eigenvalue weighted by molar-refractivity contribution is 0.0949. The topological polar surface area (TPSA) is 54.0 Å². The van der Waals surface area contributed by atoms with E-state index in [2.05, 4.69) is 15.6 Å². The molecule has 1 aliphatic heterocycles. The quantitative estimate of drug-likeness (QED) is 0.897. The number of hydrogen-bond acceptors (Lipinski definition) is 3. The van der Waals surface area contributed by atoms with Gasteiger partial charge in [-0.3, -0.25) is 9.78 Å². The fraction of sp³-hybridized carbons (Fsp3) is 0.375. The molecule has 1 aliphatic rings. The molecular weight excluding hydrogens is 250 g/mol. The Balaban J connectivity index is 1.72. The highest BCUT2D eigenvalue weighted by Crippen LogP contribution is 2.16. The van der Waals surface area contributed by atoms with Gasteiger partial charge in [-0.2, -0.15) is 0 Å². The highest BCUT2D eigenvalue weighted by Gasteiger charge is 2.15. The summed E-state index contributed by atoms with van der Waals surface area (Å²) in [6, 6.07) is 9.92. The predicted octanol–water partition coefficient (Wildman–Crippen LogP) is 2.11. The fourth-order valence-electron chi connectivity index (χ4n) is 2.70. The smallest absolute Gasteiger partial charge is 0.252 e. The zero-order valence-corrected chi connectivity index (χ0v) is 11.4. The lowest BCUT2D eigenvalue weighted by Gasteiger charge is -2.23. The first kappa shape index (κ1) is 13.1. The lowest BCUT2D eigenvalue weighted by Crippen LogP contribution is -2.43. The summed E-state index contributed by atoms with van der Waals surface area (Å²) >= 11 is 0. The molecule has 1 aromatic carbocycles. The van der Waals surface area contributed by atoms with Gasteiger partial charge in [0.1, 0.15) is 0 Å². The van der Waals surface area contributed by atoms with Gasteiger partial charge < -0.3 is 10.6 Å². The van der Waals surface area contributed by atoms with E-state index in [1.54, 1.807) is 12.3 Å². The largest absolute Gasteiger partial charge is 0.350 e. The van der Waals surface area contributed by atoms with Gasteiger partial charge in [-0.1, -0.05) is 24.6 Å². The highest BCUT2D eigenvalue weighted by molar-refractivity contribution is 6.05. The minimum Gasteiger partial charge on any atom is -0.350 e. The number of nitrogens with one attached hydrogen (secondary N) is 2. The Labute approximate surface area is 118 Å². The number of pyridine rings is 1. The first-order valence-electron chi connectivity index (χ1n) is 7.20. The maximum atomic E-state index is 12.3. The highest BCUT2D eigenvalue weighted by atomic mass is 16.1. The molecule has 1 fully saturated rings. The maximum Gasteiger partial charge on any atom is 0.252 e. The molecule has 1 saturated heterocycles. The monoisotopic (exact) mass is 269 g/mol. The zero-order chi connectivity index (χ0) is 13.8. The molecule has 4 nitrogen and oxygen atoms in total. The second kappa shape index (κ2) is 6.01. The number of fused-ring (bicyclic) bond motifs is 1. The van der Waals surface area contributed by atoms with Crippen LogP contribution in [0.15, 0.2) is 36.5 Å². The summed E-state index contributed by atoms with van der Waals surface area (Å²) in [4.78, 5) is 16.6. The molecule has 0 spiro atoms. The van der Waals surface area contributed by atoms with Gasteiger partial charge in [0.15, 0.2) is 0 Å². The van der Waals surface area contributed by atoms with E-state index in [1.165, 1.54) is 12.8 Å². The number of para-hydroxylation sites is 1. The first-order valence-corrected chi connectivity index (χ1v) is 7.20. The van der Waals surface area contributed by atoms with Crippen molar-refractivity contribution in [2.24, 2.45) is 0 Å². The third-order valence-corrected chi connectivity index (χ3v) is 3.82. The first-order chi connectivity index (χ1) is 9.84. The number of piperidine rings is 1. The van der Waals surface area contributed by atoms with Crippen molar-refractivity contribution in [3.05, 3.63) is 42.1 Å². The van der Waals surface area contributed by atoms with E-state index >= 15 is 0 Å². The van der Waals surface area contributed by atoms with Gasteiger partial charge in [0, 0.05) is 24.2 Å². The number of rotatable bonds is 3. The van der Waals surface area contributed by atoms with Gasteiger partial charge in [-0.05, 0) is 31.5 Å². The zero-order valence-electron chi connectivity index (χ0n) is 11.4. The van der Waals surface area contributed by atoms with Crippen molar-refractivity contribution >= 4 is 16.8 Å². The van der Waals surface area contributed by atoms with E-state index in [4.69, 9.17) is 0 Å². The standard InChI is InChI=1S/C16H19N3O/c20-16(19-11-12-5-3-4-9-17-12)14-8-10-18-15-7-2-1-6-13(14)15/h1-2,6-8,10,12,17H,3-5,9,11H2,(H,19,20). The van der Waals surface area contributed by atoms with Crippen LogP contribution in [-0.4, -0.2) is 30.0 Å². The molecule has 1 atom stereocenters. The number of hydrogen-bond donors (Lipinski definition) is 2. The van der Waals surface area contributed by atoms with Gasteiger partial charge in [0.05, 0.1) is 11.1 Å². The minimum absolute atomic E-state index is 0.0176. The number of carbonyl (C=O) groups is 1. The van der Waals surface area contributed by atoms with Crippen LogP contribution in [0.3, 0.4) is 0 Å². The molecule has 4 heteroatoms. The normalized spacial score (nSPS) is 18.9. The van der Waals surface area contributed by atoms with E-state index in [9.17, 15) is 4.79 Å². The van der Waals surface area contributed by atoms with Crippen LogP contribution in [0.25, 0.3) is 10.9 Å². The average molecular weight is 269 g/mol. The van der Waals surface area contributed by atoms with E-state index in [-0.39, 0.29) is 5.91 Å². The van der Waals surface area contributed by atoms with Crippen molar-refractivity contribution in [1.29, 1.82) is 0 Å². The third kappa shape index (κ3) is 2.80. The Morgan fingerprint density at radius 3 is 3.05 bits per heavy atom. The van der Waals surface area contributed by atoms with Gasteiger partial charge in [-0.15, -0.1) is 0 Å². The number of amides is 1. The molecule has 2 N–H and O–H groups in total. The number of benzene rings is 1. The Morgan fingerprint density at radius 1 is 1.30 bits per heavy atom.